The summed E-state index contributed by atoms with van der Waals surface area (Å²) in [6.45, 7) is 2.76. The number of hydrogen-bond donors (Lipinski definition) is 1. The molecule has 0 radical (unpaired) electrons. The number of rotatable bonds is 6. The van der Waals surface area contributed by atoms with Crippen LogP contribution >= 0.6 is 0 Å². The lowest BCUT2D eigenvalue weighted by Crippen LogP contribution is -2.23. The van der Waals surface area contributed by atoms with Gasteiger partial charge in [-0.1, -0.05) is 25.1 Å². The van der Waals surface area contributed by atoms with Crippen LogP contribution in [0.2, 0.25) is 0 Å². The lowest BCUT2D eigenvalue weighted by molar-refractivity contribution is -0.118. The Labute approximate surface area is 147 Å². The second-order valence-corrected chi connectivity index (χ2v) is 5.99. The van der Waals surface area contributed by atoms with E-state index in [4.69, 9.17) is 4.74 Å². The highest BCUT2D eigenvalue weighted by molar-refractivity contribution is 5.95. The summed E-state index contributed by atoms with van der Waals surface area (Å²) < 4.78 is 5.54. The molecule has 1 fully saturated rings. The Morgan fingerprint density at radius 3 is 2.60 bits per heavy atom. The van der Waals surface area contributed by atoms with Crippen LogP contribution < -0.4 is 15.0 Å². The van der Waals surface area contributed by atoms with Crippen molar-refractivity contribution in [3.05, 3.63) is 54.1 Å². The summed E-state index contributed by atoms with van der Waals surface area (Å²) in [6.07, 6.45) is 2.36. The molecule has 0 unspecified atom stereocenters. The minimum absolute atomic E-state index is 0.0555. The quantitative estimate of drug-likeness (QED) is 0.878. The standard InChI is InChI=1S/C20H22N2O3/c1-2-15-6-3-4-7-18(15)21-19(23)14-25-17-11-9-16(10-12-17)22-13-5-8-20(22)24/h3-4,6-7,9-12H,2,5,8,13-14H2,1H3,(H,21,23). The third-order valence-electron chi connectivity index (χ3n) is 4.26. The van der Waals surface area contributed by atoms with E-state index in [0.717, 1.165) is 36.3 Å². The first-order valence-electron chi connectivity index (χ1n) is 8.58. The molecule has 0 aliphatic carbocycles. The van der Waals surface area contributed by atoms with Crippen LogP contribution in [-0.4, -0.2) is 25.0 Å². The Morgan fingerprint density at radius 1 is 1.16 bits per heavy atom. The van der Waals surface area contributed by atoms with Crippen LogP contribution in [0, 0.1) is 0 Å². The third kappa shape index (κ3) is 4.18. The van der Waals surface area contributed by atoms with E-state index in [1.165, 1.54) is 0 Å². The van der Waals surface area contributed by atoms with Crippen molar-refractivity contribution >= 4 is 23.2 Å². The Morgan fingerprint density at radius 2 is 1.92 bits per heavy atom. The van der Waals surface area contributed by atoms with E-state index >= 15 is 0 Å². The van der Waals surface area contributed by atoms with E-state index in [1.54, 1.807) is 17.0 Å². The number of nitrogens with one attached hydrogen (secondary N) is 1. The SMILES string of the molecule is CCc1ccccc1NC(=O)COc1ccc(N2CCCC2=O)cc1. The Bertz CT molecular complexity index is 756. The van der Waals surface area contributed by atoms with E-state index in [9.17, 15) is 9.59 Å². The molecule has 1 saturated heterocycles. The smallest absolute Gasteiger partial charge is 0.262 e. The number of carbonyl (C=O) groups excluding carboxylic acids is 2. The molecule has 1 N–H and O–H groups in total. The molecule has 0 bridgehead atoms. The van der Waals surface area contributed by atoms with Crippen LogP contribution in [0.15, 0.2) is 48.5 Å². The summed E-state index contributed by atoms with van der Waals surface area (Å²) in [5, 5.41) is 2.88. The average Bonchev–Trinajstić information content (AvgIpc) is 3.07. The third-order valence-corrected chi connectivity index (χ3v) is 4.26. The number of hydrogen-bond acceptors (Lipinski definition) is 3. The minimum Gasteiger partial charge on any atom is -0.484 e. The van der Waals surface area contributed by atoms with Crippen molar-refractivity contribution in [3.8, 4) is 5.75 Å². The molecular formula is C20H22N2O3. The normalized spacial score (nSPS) is 13.8. The highest BCUT2D eigenvalue weighted by Crippen LogP contribution is 2.24. The van der Waals surface area contributed by atoms with Gasteiger partial charge in [-0.25, -0.2) is 0 Å². The highest BCUT2D eigenvalue weighted by atomic mass is 16.5. The van der Waals surface area contributed by atoms with Crippen molar-refractivity contribution in [1.82, 2.24) is 0 Å². The molecule has 1 aliphatic rings. The lowest BCUT2D eigenvalue weighted by Gasteiger charge is -2.16. The largest absolute Gasteiger partial charge is 0.484 e. The number of aryl methyl sites for hydroxylation is 1. The summed E-state index contributed by atoms with van der Waals surface area (Å²) in [6, 6.07) is 15.0. The van der Waals surface area contributed by atoms with E-state index in [1.807, 2.05) is 43.3 Å². The molecule has 2 aromatic rings. The topological polar surface area (TPSA) is 58.6 Å². The van der Waals surface area contributed by atoms with E-state index in [0.29, 0.717) is 12.2 Å². The Kier molecular flexibility index (Phi) is 5.33. The molecule has 130 valence electrons. The number of anilines is 2. The van der Waals surface area contributed by atoms with Gasteiger partial charge in [0.1, 0.15) is 5.75 Å². The van der Waals surface area contributed by atoms with Crippen LogP contribution in [-0.2, 0) is 16.0 Å². The van der Waals surface area contributed by atoms with E-state index in [-0.39, 0.29) is 18.4 Å². The molecule has 2 aromatic carbocycles. The number of para-hydroxylation sites is 1. The monoisotopic (exact) mass is 338 g/mol. The zero-order chi connectivity index (χ0) is 17.6. The van der Waals surface area contributed by atoms with Gasteiger partial charge in [0, 0.05) is 24.3 Å². The van der Waals surface area contributed by atoms with Crippen molar-refractivity contribution < 1.29 is 14.3 Å². The summed E-state index contributed by atoms with van der Waals surface area (Å²) in [5.41, 5.74) is 2.79. The number of nitrogens with zero attached hydrogens (tertiary/aromatic N) is 1. The number of amides is 2. The zero-order valence-electron chi connectivity index (χ0n) is 14.3. The van der Waals surface area contributed by atoms with Gasteiger partial charge in [-0.15, -0.1) is 0 Å². The van der Waals surface area contributed by atoms with Crippen LogP contribution in [0.25, 0.3) is 0 Å². The van der Waals surface area contributed by atoms with Gasteiger partial charge >= 0.3 is 0 Å². The highest BCUT2D eigenvalue weighted by Gasteiger charge is 2.21. The Balaban J connectivity index is 1.54. The van der Waals surface area contributed by atoms with Crippen LogP contribution in [0.3, 0.4) is 0 Å². The van der Waals surface area contributed by atoms with Crippen molar-refractivity contribution in [2.24, 2.45) is 0 Å². The molecule has 3 rings (SSSR count). The fourth-order valence-electron chi connectivity index (χ4n) is 2.93. The van der Waals surface area contributed by atoms with Gasteiger partial charge in [-0.3, -0.25) is 9.59 Å². The maximum Gasteiger partial charge on any atom is 0.262 e. The van der Waals surface area contributed by atoms with Gasteiger partial charge in [-0.05, 0) is 48.7 Å². The van der Waals surface area contributed by atoms with E-state index < -0.39 is 0 Å². The van der Waals surface area contributed by atoms with Gasteiger partial charge in [0.25, 0.3) is 5.91 Å². The van der Waals surface area contributed by atoms with Crippen LogP contribution in [0.4, 0.5) is 11.4 Å². The molecule has 5 nitrogen and oxygen atoms in total. The number of benzene rings is 2. The molecule has 5 heteroatoms. The fourth-order valence-corrected chi connectivity index (χ4v) is 2.93. The number of carbonyl (C=O) groups is 2. The van der Waals surface area contributed by atoms with Crippen molar-refractivity contribution in [1.29, 1.82) is 0 Å². The Hall–Kier alpha value is -2.82. The first-order valence-corrected chi connectivity index (χ1v) is 8.58. The molecule has 0 spiro atoms. The first-order chi connectivity index (χ1) is 12.2. The van der Waals surface area contributed by atoms with Gasteiger partial charge in [0.2, 0.25) is 5.91 Å². The van der Waals surface area contributed by atoms with Gasteiger partial charge < -0.3 is 15.0 Å². The minimum atomic E-state index is -0.195. The van der Waals surface area contributed by atoms with Gasteiger partial charge in [0.05, 0.1) is 0 Å². The van der Waals surface area contributed by atoms with Gasteiger partial charge in [0.15, 0.2) is 6.61 Å². The zero-order valence-corrected chi connectivity index (χ0v) is 14.3. The molecule has 1 heterocycles. The maximum atomic E-state index is 12.1. The molecule has 0 aromatic heterocycles. The molecule has 0 saturated carbocycles. The van der Waals surface area contributed by atoms with Crippen molar-refractivity contribution in [2.75, 3.05) is 23.4 Å². The van der Waals surface area contributed by atoms with Crippen molar-refractivity contribution in [2.45, 2.75) is 26.2 Å². The lowest BCUT2D eigenvalue weighted by atomic mass is 10.1. The summed E-state index contributed by atoms with van der Waals surface area (Å²) in [5.74, 6) is 0.566. The fraction of sp³-hybridized carbons (Fsp3) is 0.300. The van der Waals surface area contributed by atoms with Gasteiger partial charge in [-0.2, -0.15) is 0 Å². The average molecular weight is 338 g/mol. The summed E-state index contributed by atoms with van der Waals surface area (Å²) in [4.78, 5) is 25.6. The van der Waals surface area contributed by atoms with Crippen molar-refractivity contribution in [3.63, 3.8) is 0 Å². The van der Waals surface area contributed by atoms with Crippen LogP contribution in [0.1, 0.15) is 25.3 Å². The molecule has 0 atom stereocenters. The molecule has 25 heavy (non-hydrogen) atoms. The second kappa shape index (κ2) is 7.83. The van der Waals surface area contributed by atoms with Crippen LogP contribution in [0.5, 0.6) is 5.75 Å². The maximum absolute atomic E-state index is 12.1. The predicted octanol–water partition coefficient (Wildman–Crippen LogP) is 3.39. The number of ether oxygens (including phenoxy) is 1. The molecular weight excluding hydrogens is 316 g/mol. The van der Waals surface area contributed by atoms with E-state index in [2.05, 4.69) is 5.32 Å². The summed E-state index contributed by atoms with van der Waals surface area (Å²) >= 11 is 0. The second-order valence-electron chi connectivity index (χ2n) is 5.99. The molecule has 2 amide bonds. The summed E-state index contributed by atoms with van der Waals surface area (Å²) in [7, 11) is 0. The molecule has 1 aliphatic heterocycles. The first kappa shape index (κ1) is 17.0. The predicted molar refractivity (Wildman–Crippen MR) is 98.0 cm³/mol.